The van der Waals surface area contributed by atoms with Gasteiger partial charge in [0.1, 0.15) is 0 Å². The summed E-state index contributed by atoms with van der Waals surface area (Å²) in [6, 6.07) is 2.59. The third-order valence-corrected chi connectivity index (χ3v) is 2.07. The molecule has 0 aliphatic rings. The molecule has 0 N–H and O–H groups in total. The summed E-state index contributed by atoms with van der Waals surface area (Å²) in [5.41, 5.74) is -0.00565. The van der Waals surface area contributed by atoms with Crippen molar-refractivity contribution in [1.82, 2.24) is 0 Å². The number of rotatable bonds is 6. The molecule has 0 atom stereocenters. The van der Waals surface area contributed by atoms with Crippen LogP contribution in [0.25, 0.3) is 0 Å². The topological polar surface area (TPSA) is 87.9 Å². The van der Waals surface area contributed by atoms with E-state index in [0.29, 0.717) is 5.75 Å². The minimum atomic E-state index is -0.592. The number of nitro groups is 1. The maximum Gasteiger partial charge on any atom is 1.00 e. The second kappa shape index (κ2) is 7.91. The van der Waals surface area contributed by atoms with Crippen LogP contribution < -0.4 is 39.0 Å². The Hall–Kier alpha value is -1.31. The first-order valence-electron chi connectivity index (χ1n) is 4.52. The van der Waals surface area contributed by atoms with Gasteiger partial charge in [-0.05, 0) is 6.07 Å². The number of nitro benzene ring substituents is 1. The number of ether oxygens (including phenoxy) is 3. The zero-order chi connectivity index (χ0) is 12.8. The Morgan fingerprint density at radius 3 is 2.28 bits per heavy atom. The molecule has 0 aliphatic heterocycles. The van der Waals surface area contributed by atoms with Gasteiger partial charge in [0.05, 0.1) is 37.4 Å². The van der Waals surface area contributed by atoms with Gasteiger partial charge in [0.2, 0.25) is 0 Å². The molecule has 0 radical (unpaired) electrons. The largest absolute Gasteiger partial charge is 1.00 e. The van der Waals surface area contributed by atoms with Crippen molar-refractivity contribution in [2.45, 2.75) is 6.61 Å². The zero-order valence-corrected chi connectivity index (χ0v) is 12.3. The van der Waals surface area contributed by atoms with Gasteiger partial charge in [-0.25, -0.2) is 0 Å². The van der Waals surface area contributed by atoms with Gasteiger partial charge in [-0.3, -0.25) is 10.1 Å². The van der Waals surface area contributed by atoms with Crippen molar-refractivity contribution >= 4 is 12.2 Å². The molecule has 1 aromatic rings. The maximum absolute atomic E-state index is 10.8. The van der Waals surface area contributed by atoms with Crippen molar-refractivity contribution in [3.8, 4) is 11.5 Å². The van der Waals surface area contributed by atoms with Gasteiger partial charge in [0.15, 0.2) is 11.5 Å². The van der Waals surface area contributed by atoms with Crippen LogP contribution >= 0.6 is 0 Å². The van der Waals surface area contributed by atoms with Crippen molar-refractivity contribution in [1.29, 1.82) is 0 Å². The Morgan fingerprint density at radius 2 is 1.83 bits per heavy atom. The second-order valence-corrected chi connectivity index (χ2v) is 2.97. The van der Waals surface area contributed by atoms with Gasteiger partial charge in [-0.1, -0.05) is 6.47 Å². The number of hydrogen-bond donors (Lipinski definition) is 0. The summed E-state index contributed by atoms with van der Waals surface area (Å²) < 4.78 is 14.3. The van der Waals surface area contributed by atoms with E-state index in [-0.39, 0.29) is 53.2 Å². The fourth-order valence-electron chi connectivity index (χ4n) is 1.30. The molecule has 7 nitrogen and oxygen atoms in total. The van der Waals surface area contributed by atoms with Crippen molar-refractivity contribution in [3.63, 3.8) is 0 Å². The smallest absolute Gasteiger partial charge is 0.649 e. The van der Waals surface area contributed by atoms with E-state index in [9.17, 15) is 14.9 Å². The van der Waals surface area contributed by atoms with Crippen LogP contribution in [0.4, 0.5) is 5.69 Å². The monoisotopic (exact) mass is 263 g/mol. The summed E-state index contributed by atoms with van der Waals surface area (Å²) in [6.07, 6.45) is 0. The minimum Gasteiger partial charge on any atom is -0.649 e. The molecule has 0 aliphatic carbocycles. The molecule has 0 bridgehead atoms. The van der Waals surface area contributed by atoms with Crippen molar-refractivity contribution in [2.75, 3.05) is 14.2 Å². The fourth-order valence-corrected chi connectivity index (χ4v) is 1.30. The summed E-state index contributed by atoms with van der Waals surface area (Å²) in [5, 5.41) is 10.8. The van der Waals surface area contributed by atoms with Crippen LogP contribution in [0.1, 0.15) is 5.56 Å². The number of hydrogen-bond acceptors (Lipinski definition) is 6. The Labute approximate surface area is 125 Å². The average Bonchev–Trinajstić information content (AvgIpc) is 2.34. The van der Waals surface area contributed by atoms with E-state index in [0.717, 1.165) is 0 Å². The van der Waals surface area contributed by atoms with E-state index in [4.69, 9.17) is 9.47 Å². The molecule has 0 fully saturated rings. The zero-order valence-electron chi connectivity index (χ0n) is 10.3. The molecular weight excluding hydrogens is 253 g/mol. The predicted molar refractivity (Wildman–Crippen MR) is 56.7 cm³/mol. The summed E-state index contributed by atoms with van der Waals surface area (Å²) in [6.45, 7) is 0.954. The van der Waals surface area contributed by atoms with Gasteiger partial charge < -0.3 is 19.0 Å². The number of nitrogens with zero attached hydrogens (tertiary/aromatic N) is 1. The molecule has 18 heavy (non-hydrogen) atoms. The Kier molecular flexibility index (Phi) is 7.33. The third kappa shape index (κ3) is 3.86. The second-order valence-electron chi connectivity index (χ2n) is 2.97. The van der Waals surface area contributed by atoms with Gasteiger partial charge in [0, 0.05) is 0 Å². The van der Waals surface area contributed by atoms with E-state index < -0.39 is 4.92 Å². The van der Waals surface area contributed by atoms with Gasteiger partial charge in [-0.15, -0.1) is 0 Å². The summed E-state index contributed by atoms with van der Waals surface area (Å²) in [7, 11) is 2.77. The van der Waals surface area contributed by atoms with E-state index in [1.807, 2.05) is 0 Å². The van der Waals surface area contributed by atoms with Crippen molar-refractivity contribution in [3.05, 3.63) is 27.8 Å². The molecule has 0 spiro atoms. The summed E-state index contributed by atoms with van der Waals surface area (Å²) in [4.78, 5) is 20.2. The summed E-state index contributed by atoms with van der Waals surface area (Å²) >= 11 is 0. The van der Waals surface area contributed by atoms with Crippen molar-refractivity contribution in [2.24, 2.45) is 0 Å². The fraction of sp³-hybridized carbons (Fsp3) is 0.300. The Morgan fingerprint density at radius 1 is 1.28 bits per heavy atom. The molecule has 8 heteroatoms. The summed E-state index contributed by atoms with van der Waals surface area (Å²) in [5.74, 6) is 0.556. The average molecular weight is 263 g/mol. The molecule has 0 heterocycles. The normalized spacial score (nSPS) is 9.00. The van der Waals surface area contributed by atoms with E-state index >= 15 is 0 Å². The van der Waals surface area contributed by atoms with Crippen LogP contribution in [-0.4, -0.2) is 25.6 Å². The molecule has 0 aromatic heterocycles. The van der Waals surface area contributed by atoms with Gasteiger partial charge in [0.25, 0.3) is 5.69 Å². The Bertz CT molecular complexity index is 437. The van der Waals surface area contributed by atoms with Crippen LogP contribution in [0.5, 0.6) is 11.5 Å². The first-order chi connectivity index (χ1) is 8.13. The number of carbonyl (C=O) groups excluding carboxylic acids is 1. The number of benzene rings is 1. The minimum absolute atomic E-state index is 0. The van der Waals surface area contributed by atoms with Crippen LogP contribution in [0.15, 0.2) is 12.1 Å². The van der Waals surface area contributed by atoms with E-state index in [1.54, 1.807) is 0 Å². The first kappa shape index (κ1) is 16.7. The van der Waals surface area contributed by atoms with Crippen LogP contribution in [0.3, 0.4) is 0 Å². The molecule has 0 amide bonds. The Balaban J connectivity index is 0.00000289. The van der Waals surface area contributed by atoms with Crippen molar-refractivity contribution < 1.29 is 53.5 Å². The maximum atomic E-state index is 10.8. The molecule has 0 saturated heterocycles. The molecule has 1 aromatic carbocycles. The van der Waals surface area contributed by atoms with Crippen LogP contribution in [0.2, 0.25) is 0 Å². The molecule has 1 rings (SSSR count). The predicted octanol–water partition coefficient (Wildman–Crippen LogP) is -1.80. The SMILES string of the molecule is COc1cc(CO[C-]=O)c([N+](=O)[O-])cc1OC.[Na+]. The molecule has 92 valence electrons. The quantitative estimate of drug-likeness (QED) is 0.260. The van der Waals surface area contributed by atoms with Crippen LogP contribution in [0, 0.1) is 10.1 Å². The van der Waals surface area contributed by atoms with E-state index in [2.05, 4.69) is 4.74 Å². The molecular formula is C10H10NNaO6. The molecule has 0 unspecified atom stereocenters. The first-order valence-corrected chi connectivity index (χ1v) is 4.52. The molecule has 0 saturated carbocycles. The standard InChI is InChI=1S/C10H10NO6.Na/c1-15-9-3-7(5-17-6-12)8(11(13)14)4-10(9)16-2;/h3-4H,5H2,1-2H3;/q-1;+1. The van der Waals surface area contributed by atoms with Gasteiger partial charge in [-0.2, -0.15) is 0 Å². The van der Waals surface area contributed by atoms with E-state index in [1.165, 1.54) is 32.8 Å². The number of methoxy groups -OCH3 is 2. The third-order valence-electron chi connectivity index (χ3n) is 2.07. The van der Waals surface area contributed by atoms with Gasteiger partial charge >= 0.3 is 29.6 Å². The van der Waals surface area contributed by atoms with Crippen LogP contribution in [-0.2, 0) is 16.1 Å².